The molecule has 0 saturated heterocycles. The number of aromatic nitrogens is 3. The van der Waals surface area contributed by atoms with E-state index in [1.807, 2.05) is 44.2 Å². The Balaban J connectivity index is 1.53. The minimum absolute atomic E-state index is 0.110. The number of aromatic amines is 1. The summed E-state index contributed by atoms with van der Waals surface area (Å²) < 4.78 is 10.8. The molecule has 0 saturated carbocycles. The molecule has 0 bridgehead atoms. The van der Waals surface area contributed by atoms with Gasteiger partial charge in [0, 0.05) is 25.0 Å². The molecule has 0 aliphatic rings. The predicted molar refractivity (Wildman–Crippen MR) is 121 cm³/mol. The Bertz CT molecular complexity index is 1050. The second-order valence-electron chi connectivity index (χ2n) is 7.22. The lowest BCUT2D eigenvalue weighted by atomic mass is 10.1. The monoisotopic (exact) mass is 436 g/mol. The van der Waals surface area contributed by atoms with Crippen LogP contribution in [0, 0.1) is 0 Å². The number of rotatable bonds is 11. The Morgan fingerprint density at radius 2 is 1.81 bits per heavy atom. The average Bonchev–Trinajstić information content (AvgIpc) is 2.82. The van der Waals surface area contributed by atoms with Crippen LogP contribution in [0.25, 0.3) is 11.4 Å². The Morgan fingerprint density at radius 1 is 1.06 bits per heavy atom. The Morgan fingerprint density at radius 3 is 2.50 bits per heavy atom. The van der Waals surface area contributed by atoms with Crippen molar-refractivity contribution in [3.8, 4) is 17.1 Å². The molecule has 0 fully saturated rings. The third-order valence-electron chi connectivity index (χ3n) is 4.86. The van der Waals surface area contributed by atoms with E-state index in [9.17, 15) is 9.59 Å². The van der Waals surface area contributed by atoms with Gasteiger partial charge >= 0.3 is 0 Å². The lowest BCUT2D eigenvalue weighted by Crippen LogP contribution is -2.28. The molecule has 3 aromatic rings. The number of benzene rings is 2. The molecule has 8 nitrogen and oxygen atoms in total. The molecule has 2 N–H and O–H groups in total. The van der Waals surface area contributed by atoms with Crippen LogP contribution in [0.2, 0.25) is 0 Å². The fourth-order valence-corrected chi connectivity index (χ4v) is 3.10. The number of carbonyl (C=O) groups is 1. The zero-order valence-electron chi connectivity index (χ0n) is 18.3. The molecule has 1 aromatic heterocycles. The number of nitrogens with zero attached hydrogens (tertiary/aromatic N) is 2. The standard InChI is InChI=1S/C24H28N4O4/c1-3-31-15-16-32-20-11-9-19(10-12-20)23-26-24(30)21(27-28-23)13-14-22(29)25-17(2)18-7-5-4-6-8-18/h4-12,17H,3,13-16H2,1-2H3,(H,25,29)(H,26,28,30)/t17-/m1/s1. The Kier molecular flexibility index (Phi) is 8.51. The number of ether oxygens (including phenoxy) is 2. The highest BCUT2D eigenvalue weighted by molar-refractivity contribution is 5.76. The van der Waals surface area contributed by atoms with Gasteiger partial charge < -0.3 is 19.8 Å². The fraction of sp³-hybridized carbons (Fsp3) is 0.333. The fourth-order valence-electron chi connectivity index (χ4n) is 3.10. The topological polar surface area (TPSA) is 106 Å². The van der Waals surface area contributed by atoms with E-state index in [2.05, 4.69) is 20.5 Å². The molecule has 32 heavy (non-hydrogen) atoms. The minimum atomic E-state index is -0.351. The summed E-state index contributed by atoms with van der Waals surface area (Å²) in [6.45, 7) is 5.51. The molecular formula is C24H28N4O4. The zero-order chi connectivity index (χ0) is 22.8. The van der Waals surface area contributed by atoms with Crippen molar-refractivity contribution in [2.45, 2.75) is 32.7 Å². The van der Waals surface area contributed by atoms with Crippen molar-refractivity contribution in [3.63, 3.8) is 0 Å². The molecular weight excluding hydrogens is 408 g/mol. The minimum Gasteiger partial charge on any atom is -0.491 e. The van der Waals surface area contributed by atoms with E-state index in [4.69, 9.17) is 9.47 Å². The highest BCUT2D eigenvalue weighted by Crippen LogP contribution is 2.18. The molecule has 0 spiro atoms. The van der Waals surface area contributed by atoms with E-state index in [0.717, 1.165) is 5.56 Å². The van der Waals surface area contributed by atoms with Gasteiger partial charge in [-0.2, -0.15) is 0 Å². The van der Waals surface area contributed by atoms with Crippen LogP contribution in [0.3, 0.4) is 0 Å². The molecule has 0 aliphatic heterocycles. The summed E-state index contributed by atoms with van der Waals surface area (Å²) in [5, 5.41) is 11.1. The van der Waals surface area contributed by atoms with Gasteiger partial charge in [0.15, 0.2) is 5.82 Å². The van der Waals surface area contributed by atoms with Gasteiger partial charge in [0.25, 0.3) is 5.56 Å². The SMILES string of the molecule is CCOCCOc1ccc(-c2nnc(CCC(=O)N[C@H](C)c3ccccc3)c(=O)[nH]2)cc1. The number of nitrogens with one attached hydrogen (secondary N) is 2. The molecule has 1 amide bonds. The maximum atomic E-state index is 12.4. The third kappa shape index (κ3) is 6.75. The highest BCUT2D eigenvalue weighted by atomic mass is 16.5. The lowest BCUT2D eigenvalue weighted by molar-refractivity contribution is -0.121. The first kappa shape index (κ1) is 23.1. The van der Waals surface area contributed by atoms with Gasteiger partial charge in [0.05, 0.1) is 12.6 Å². The number of H-pyrrole nitrogens is 1. The number of carbonyl (C=O) groups excluding carboxylic acids is 1. The number of aryl methyl sites for hydroxylation is 1. The van der Waals surface area contributed by atoms with Crippen LogP contribution in [-0.2, 0) is 16.0 Å². The van der Waals surface area contributed by atoms with Crippen molar-refractivity contribution in [1.82, 2.24) is 20.5 Å². The van der Waals surface area contributed by atoms with Gasteiger partial charge in [0.2, 0.25) is 5.91 Å². The zero-order valence-corrected chi connectivity index (χ0v) is 18.3. The summed E-state index contributed by atoms with van der Waals surface area (Å²) in [5.74, 6) is 0.921. The van der Waals surface area contributed by atoms with E-state index >= 15 is 0 Å². The predicted octanol–water partition coefficient (Wildman–Crippen LogP) is 3.06. The van der Waals surface area contributed by atoms with E-state index in [1.165, 1.54) is 0 Å². The van der Waals surface area contributed by atoms with Crippen LogP contribution in [0.5, 0.6) is 5.75 Å². The molecule has 1 atom stereocenters. The van der Waals surface area contributed by atoms with Gasteiger partial charge in [-0.05, 0) is 43.7 Å². The normalized spacial score (nSPS) is 11.7. The van der Waals surface area contributed by atoms with Crippen LogP contribution in [-0.4, -0.2) is 40.9 Å². The van der Waals surface area contributed by atoms with Crippen LogP contribution in [0.15, 0.2) is 59.4 Å². The summed E-state index contributed by atoms with van der Waals surface area (Å²) in [5.41, 5.74) is 1.62. The van der Waals surface area contributed by atoms with Gasteiger partial charge in [-0.25, -0.2) is 0 Å². The van der Waals surface area contributed by atoms with Crippen LogP contribution < -0.4 is 15.6 Å². The van der Waals surface area contributed by atoms with E-state index in [-0.39, 0.29) is 36.0 Å². The van der Waals surface area contributed by atoms with Crippen molar-refractivity contribution in [3.05, 3.63) is 76.2 Å². The van der Waals surface area contributed by atoms with Crippen molar-refractivity contribution in [2.75, 3.05) is 19.8 Å². The summed E-state index contributed by atoms with van der Waals surface area (Å²) in [4.78, 5) is 27.4. The summed E-state index contributed by atoms with van der Waals surface area (Å²) >= 11 is 0. The molecule has 2 aromatic carbocycles. The Hall–Kier alpha value is -3.52. The summed E-state index contributed by atoms with van der Waals surface area (Å²) in [6, 6.07) is 16.8. The largest absolute Gasteiger partial charge is 0.491 e. The first-order valence-electron chi connectivity index (χ1n) is 10.7. The van der Waals surface area contributed by atoms with E-state index in [0.29, 0.717) is 37.0 Å². The van der Waals surface area contributed by atoms with Gasteiger partial charge in [-0.15, -0.1) is 10.2 Å². The van der Waals surface area contributed by atoms with Crippen molar-refractivity contribution >= 4 is 5.91 Å². The van der Waals surface area contributed by atoms with Gasteiger partial charge in [-0.1, -0.05) is 30.3 Å². The first-order chi connectivity index (χ1) is 15.6. The lowest BCUT2D eigenvalue weighted by Gasteiger charge is -2.14. The second kappa shape index (κ2) is 11.8. The highest BCUT2D eigenvalue weighted by Gasteiger charge is 2.12. The molecule has 0 aliphatic carbocycles. The van der Waals surface area contributed by atoms with E-state index in [1.54, 1.807) is 24.3 Å². The van der Waals surface area contributed by atoms with Crippen molar-refractivity contribution in [1.29, 1.82) is 0 Å². The quantitative estimate of drug-likeness (QED) is 0.448. The number of hydrogen-bond donors (Lipinski definition) is 2. The van der Waals surface area contributed by atoms with Gasteiger partial charge in [0.1, 0.15) is 18.1 Å². The van der Waals surface area contributed by atoms with Gasteiger partial charge in [-0.3, -0.25) is 9.59 Å². The van der Waals surface area contributed by atoms with Crippen LogP contribution in [0.4, 0.5) is 0 Å². The summed E-state index contributed by atoms with van der Waals surface area (Å²) in [7, 11) is 0. The molecule has 3 rings (SSSR count). The molecule has 1 heterocycles. The molecule has 0 radical (unpaired) electrons. The van der Waals surface area contributed by atoms with Crippen LogP contribution in [0.1, 0.15) is 37.6 Å². The number of amides is 1. The van der Waals surface area contributed by atoms with Crippen molar-refractivity contribution < 1.29 is 14.3 Å². The van der Waals surface area contributed by atoms with Crippen LogP contribution >= 0.6 is 0 Å². The maximum absolute atomic E-state index is 12.4. The summed E-state index contributed by atoms with van der Waals surface area (Å²) in [6.07, 6.45) is 0.366. The molecule has 168 valence electrons. The average molecular weight is 437 g/mol. The first-order valence-corrected chi connectivity index (χ1v) is 10.7. The Labute approximate surface area is 187 Å². The van der Waals surface area contributed by atoms with E-state index < -0.39 is 0 Å². The number of hydrogen-bond acceptors (Lipinski definition) is 6. The second-order valence-corrected chi connectivity index (χ2v) is 7.22. The molecule has 8 heteroatoms. The smallest absolute Gasteiger partial charge is 0.273 e. The molecule has 0 unspecified atom stereocenters. The van der Waals surface area contributed by atoms with Crippen molar-refractivity contribution in [2.24, 2.45) is 0 Å². The third-order valence-corrected chi connectivity index (χ3v) is 4.86. The maximum Gasteiger partial charge on any atom is 0.273 e.